The van der Waals surface area contributed by atoms with E-state index in [1.165, 1.54) is 28.6 Å². The predicted molar refractivity (Wildman–Crippen MR) is 381 cm³/mol. The quantitative estimate of drug-likeness (QED) is 0.0698. The number of nitrogens with one attached hydrogen (secondary N) is 3. The number of allylic oxidation sites excluding steroid dienone is 1. The molecule has 498 valence electrons. The summed E-state index contributed by atoms with van der Waals surface area (Å²) < 4.78 is 39.0. The van der Waals surface area contributed by atoms with Crippen LogP contribution in [-0.4, -0.2) is 80.2 Å². The Morgan fingerprint density at radius 3 is 1.84 bits per heavy atom. The number of aromatic nitrogens is 6. The number of amides is 2. The number of esters is 1. The van der Waals surface area contributed by atoms with Crippen LogP contribution in [0.5, 0.6) is 0 Å². The summed E-state index contributed by atoms with van der Waals surface area (Å²) in [4.78, 5) is 39.0. The van der Waals surface area contributed by atoms with Gasteiger partial charge in [-0.3, -0.25) is 29.2 Å². The molecule has 9 aromatic rings. The number of carbonyl (C=O) groups is 3. The fourth-order valence-corrected chi connectivity index (χ4v) is 14.6. The van der Waals surface area contributed by atoms with E-state index in [4.69, 9.17) is 54.8 Å². The van der Waals surface area contributed by atoms with Crippen LogP contribution in [0, 0.1) is 5.92 Å². The Labute approximate surface area is 577 Å². The van der Waals surface area contributed by atoms with Crippen LogP contribution in [0.4, 0.5) is 0 Å². The van der Waals surface area contributed by atoms with Gasteiger partial charge in [0.1, 0.15) is 0 Å². The van der Waals surface area contributed by atoms with Gasteiger partial charge in [0.15, 0.2) is 11.4 Å². The van der Waals surface area contributed by atoms with E-state index in [0.717, 1.165) is 127 Å². The summed E-state index contributed by atoms with van der Waals surface area (Å²) in [5.41, 5.74) is 18.0. The fraction of sp³-hybridized carbons (Fsp3) is 0.316. The number of fused-ring (bicyclic) bond motifs is 3. The number of sulfonamides is 1. The van der Waals surface area contributed by atoms with Crippen molar-refractivity contribution < 1.29 is 27.5 Å². The number of ether oxygens (including phenoxy) is 1. The number of hydrazine groups is 1. The maximum atomic E-state index is 13.4. The van der Waals surface area contributed by atoms with Gasteiger partial charge in [0.05, 0.1) is 53.8 Å². The number of halogens is 3. The third-order valence-electron chi connectivity index (χ3n) is 17.9. The molecule has 20 heteroatoms. The van der Waals surface area contributed by atoms with Crippen LogP contribution in [-0.2, 0) is 64.7 Å². The van der Waals surface area contributed by atoms with Crippen LogP contribution < -0.4 is 15.5 Å². The summed E-state index contributed by atoms with van der Waals surface area (Å²) in [6.45, 7) is 8.99. The summed E-state index contributed by atoms with van der Waals surface area (Å²) in [5.74, 6) is -0.823. The molecular weight excluding hydrogens is 1290 g/mol. The van der Waals surface area contributed by atoms with Crippen LogP contribution in [0.1, 0.15) is 172 Å². The van der Waals surface area contributed by atoms with Gasteiger partial charge in [-0.05, 0) is 174 Å². The Kier molecular flexibility index (Phi) is 23.4. The topological polar surface area (TPSA) is 187 Å². The molecule has 2 amide bonds. The predicted octanol–water partition coefficient (Wildman–Crippen LogP) is 15.4. The van der Waals surface area contributed by atoms with Gasteiger partial charge in [-0.1, -0.05) is 175 Å². The first-order chi connectivity index (χ1) is 46.6. The molecule has 96 heavy (non-hydrogen) atoms. The molecule has 13 rings (SSSR count). The standard InChI is InChI=1S/C26H25Cl3N4O.C26H29N3O3.C24H27N3O2S/c27-19-9-7-17(8-10-19)15-18-5-4-6-21-24(26(34)31-32-13-2-1-3-14-32)30-33(25(18)21)23-12-11-20(28)16-22(23)29;1-3-32-26(31)21-14-15-23-22(16-21)24(28-29(23)17-19-10-6-4-7-11-19)25(30)27-18(2)20-12-8-5-9-13-20;1-19(21-12-6-3-7-13-21)26-30(28,29)17-16-23-22-14-8-9-15-24(22)27(25-23)18-20-10-4-2-5-11-20/h7-12,15-16H,1-6,13-14H2,(H,31,34);4-13,18,21H,3,14-17H2,1-2H3,(H,27,30);2-7,10-13,16-17,19,26H,8-9,14-15,18H2,1H3/b18-15+;;17-16+/t;;19-/m..0/s1. The normalized spacial score (nSPS) is 16.4. The molecule has 0 saturated carbocycles. The van der Waals surface area contributed by atoms with Gasteiger partial charge in [0, 0.05) is 62.7 Å². The third kappa shape index (κ3) is 17.6. The Morgan fingerprint density at radius 1 is 0.615 bits per heavy atom. The van der Waals surface area contributed by atoms with Gasteiger partial charge in [0.2, 0.25) is 10.0 Å². The third-order valence-corrected chi connectivity index (χ3v) is 19.8. The van der Waals surface area contributed by atoms with E-state index < -0.39 is 10.0 Å². The molecule has 3 N–H and O–H groups in total. The van der Waals surface area contributed by atoms with Gasteiger partial charge in [0.25, 0.3) is 11.8 Å². The van der Waals surface area contributed by atoms with Crippen molar-refractivity contribution in [2.24, 2.45) is 5.92 Å². The van der Waals surface area contributed by atoms with Crippen LogP contribution >= 0.6 is 34.8 Å². The number of hydrogen-bond donors (Lipinski definition) is 3. The van der Waals surface area contributed by atoms with Crippen LogP contribution in [0.3, 0.4) is 0 Å². The summed E-state index contributed by atoms with van der Waals surface area (Å²) in [5, 5.41) is 22.4. The SMILES string of the molecule is CCOC(=O)C1CCc2c(c(C(=O)NC(C)c3ccccc3)nn2Cc2ccccc2)C1.C[C@H](NS(=O)(=O)/C=C/c1nn(Cc2ccccc2)c2c1CCCC2)c1ccccc1.O=C(NN1CCCCC1)c1nn(-c2ccc(Cl)cc2Cl)c2c1CCC/C2=C\c1ccc(Cl)cc1. The molecule has 3 aliphatic carbocycles. The number of rotatable bonds is 18. The second-order valence-corrected chi connectivity index (χ2v) is 27.6. The minimum absolute atomic E-state index is 0.150. The first-order valence-electron chi connectivity index (χ1n) is 33.2. The van der Waals surface area contributed by atoms with E-state index in [0.29, 0.717) is 71.1 Å². The van der Waals surface area contributed by atoms with Crippen molar-refractivity contribution in [3.8, 4) is 5.69 Å². The van der Waals surface area contributed by atoms with E-state index in [-0.39, 0.29) is 35.8 Å². The Balaban J connectivity index is 0.000000147. The molecular formula is C76H81Cl3N10O6S. The lowest BCUT2D eigenvalue weighted by Crippen LogP contribution is -2.45. The lowest BCUT2D eigenvalue weighted by atomic mass is 9.86. The highest BCUT2D eigenvalue weighted by molar-refractivity contribution is 7.92. The number of nitrogens with zero attached hydrogens (tertiary/aromatic N) is 7. The monoisotopic (exact) mass is 1370 g/mol. The summed E-state index contributed by atoms with van der Waals surface area (Å²) in [7, 11) is -3.58. The molecule has 3 atom stereocenters. The molecule has 16 nitrogen and oxygen atoms in total. The van der Waals surface area contributed by atoms with E-state index in [1.807, 2.05) is 163 Å². The molecule has 2 unspecified atom stereocenters. The molecule has 3 aromatic heterocycles. The van der Waals surface area contributed by atoms with Gasteiger partial charge < -0.3 is 10.1 Å². The van der Waals surface area contributed by atoms with Crippen molar-refractivity contribution in [3.05, 3.63) is 263 Å². The number of hydrogen-bond acceptors (Lipinski definition) is 10. The molecule has 4 heterocycles. The molecule has 1 saturated heterocycles. The summed E-state index contributed by atoms with van der Waals surface area (Å²) in [6.07, 6.45) is 15.8. The maximum absolute atomic E-state index is 13.4. The highest BCUT2D eigenvalue weighted by Crippen LogP contribution is 2.39. The van der Waals surface area contributed by atoms with Crippen LogP contribution in [0.15, 0.2) is 169 Å². The zero-order chi connectivity index (χ0) is 67.1. The first-order valence-corrected chi connectivity index (χ1v) is 35.9. The number of piperidine rings is 1. The summed E-state index contributed by atoms with van der Waals surface area (Å²) >= 11 is 18.8. The van der Waals surface area contributed by atoms with Gasteiger partial charge in [-0.15, -0.1) is 0 Å². The molecule has 4 aliphatic rings. The van der Waals surface area contributed by atoms with Gasteiger partial charge in [-0.2, -0.15) is 15.3 Å². The fourth-order valence-electron chi connectivity index (χ4n) is 13.0. The second-order valence-electron chi connectivity index (χ2n) is 24.7. The van der Waals surface area contributed by atoms with Crippen molar-refractivity contribution in [1.29, 1.82) is 0 Å². The van der Waals surface area contributed by atoms with E-state index in [2.05, 4.69) is 45.8 Å². The zero-order valence-electron chi connectivity index (χ0n) is 54.4. The molecule has 6 aromatic carbocycles. The van der Waals surface area contributed by atoms with Crippen molar-refractivity contribution in [2.45, 2.75) is 129 Å². The maximum Gasteiger partial charge on any atom is 0.309 e. The van der Waals surface area contributed by atoms with Gasteiger partial charge >= 0.3 is 5.97 Å². The first kappa shape index (κ1) is 68.9. The van der Waals surface area contributed by atoms with E-state index >= 15 is 0 Å². The molecule has 1 fully saturated rings. The van der Waals surface area contributed by atoms with Crippen molar-refractivity contribution >= 4 is 80.3 Å². The van der Waals surface area contributed by atoms with E-state index in [1.54, 1.807) is 22.9 Å². The molecule has 1 aliphatic heterocycles. The Bertz CT molecular complexity index is 4320. The molecule has 0 bridgehead atoms. The molecule has 0 radical (unpaired) electrons. The average Bonchev–Trinajstić information content (AvgIpc) is 1.61. The highest BCUT2D eigenvalue weighted by Gasteiger charge is 2.34. The Morgan fingerprint density at radius 2 is 1.20 bits per heavy atom. The van der Waals surface area contributed by atoms with Crippen molar-refractivity contribution in [1.82, 2.24) is 49.8 Å². The largest absolute Gasteiger partial charge is 0.466 e. The van der Waals surface area contributed by atoms with Gasteiger partial charge in [-0.25, -0.2) is 22.8 Å². The van der Waals surface area contributed by atoms with Crippen molar-refractivity contribution in [3.63, 3.8) is 0 Å². The zero-order valence-corrected chi connectivity index (χ0v) is 57.5. The van der Waals surface area contributed by atoms with Crippen LogP contribution in [0.2, 0.25) is 15.1 Å². The average molecular weight is 1370 g/mol. The summed E-state index contributed by atoms with van der Waals surface area (Å²) in [6, 6.07) is 52.3. The lowest BCUT2D eigenvalue weighted by molar-refractivity contribution is -0.148. The highest BCUT2D eigenvalue weighted by atomic mass is 35.5. The second kappa shape index (κ2) is 32.5. The molecule has 0 spiro atoms. The minimum atomic E-state index is -3.58. The van der Waals surface area contributed by atoms with Crippen molar-refractivity contribution in [2.75, 3.05) is 19.7 Å². The smallest absolute Gasteiger partial charge is 0.309 e. The lowest BCUT2D eigenvalue weighted by Gasteiger charge is -2.26. The minimum Gasteiger partial charge on any atom is -0.466 e. The number of carbonyl (C=O) groups excluding carboxylic acids is 3. The Hall–Kier alpha value is -8.42. The van der Waals surface area contributed by atoms with Crippen LogP contribution in [0.25, 0.3) is 23.4 Å². The van der Waals surface area contributed by atoms with E-state index in [9.17, 15) is 22.8 Å². The number of benzene rings is 6.